The van der Waals surface area contributed by atoms with Crippen molar-refractivity contribution in [1.82, 2.24) is 4.90 Å². The van der Waals surface area contributed by atoms with E-state index in [-0.39, 0.29) is 11.9 Å². The molecule has 1 unspecified atom stereocenters. The highest BCUT2D eigenvalue weighted by atomic mass is 16.5. The number of carbonyl (C=O) groups excluding carboxylic acids is 1. The van der Waals surface area contributed by atoms with Gasteiger partial charge in [0.1, 0.15) is 0 Å². The number of nitrogens with zero attached hydrogens (tertiary/aromatic N) is 1. The number of aryl methyl sites for hydroxylation is 2. The lowest BCUT2D eigenvalue weighted by Crippen LogP contribution is -2.47. The van der Waals surface area contributed by atoms with E-state index in [0.717, 1.165) is 19.4 Å². The number of hydrogen-bond acceptors (Lipinski definition) is 2. The van der Waals surface area contributed by atoms with Gasteiger partial charge in [-0.05, 0) is 32.3 Å². The quantitative estimate of drug-likeness (QED) is 0.833. The lowest BCUT2D eigenvalue weighted by molar-refractivity contribution is -0.139. The normalized spacial score (nSPS) is 19.5. The molecule has 0 bridgehead atoms. The van der Waals surface area contributed by atoms with Crippen molar-refractivity contribution in [1.29, 1.82) is 0 Å². The maximum atomic E-state index is 12.1. The molecule has 1 aromatic carbocycles. The molecule has 0 aromatic heterocycles. The lowest BCUT2D eigenvalue weighted by Gasteiger charge is -2.33. The van der Waals surface area contributed by atoms with Gasteiger partial charge in [-0.15, -0.1) is 0 Å². The van der Waals surface area contributed by atoms with Crippen molar-refractivity contribution in [3.8, 4) is 0 Å². The molecule has 1 heterocycles. The van der Waals surface area contributed by atoms with E-state index in [1.165, 1.54) is 11.1 Å². The highest BCUT2D eigenvalue weighted by Crippen LogP contribution is 2.12. The highest BCUT2D eigenvalue weighted by Gasteiger charge is 2.22. The van der Waals surface area contributed by atoms with Crippen molar-refractivity contribution in [3.63, 3.8) is 0 Å². The van der Waals surface area contributed by atoms with Crippen molar-refractivity contribution in [3.05, 3.63) is 35.4 Å². The van der Waals surface area contributed by atoms with Crippen LogP contribution in [0.2, 0.25) is 0 Å². The molecule has 2 rings (SSSR count). The number of rotatable bonds is 4. The fourth-order valence-corrected chi connectivity index (χ4v) is 2.44. The van der Waals surface area contributed by atoms with E-state index < -0.39 is 0 Å². The first kappa shape index (κ1) is 14.1. The van der Waals surface area contributed by atoms with Crippen LogP contribution in [0.3, 0.4) is 0 Å². The molecule has 1 amide bonds. The first-order valence-electron chi connectivity index (χ1n) is 7.09. The summed E-state index contributed by atoms with van der Waals surface area (Å²) in [7, 11) is 0. The van der Waals surface area contributed by atoms with Crippen LogP contribution in [0.5, 0.6) is 0 Å². The van der Waals surface area contributed by atoms with Crippen molar-refractivity contribution >= 4 is 5.91 Å². The maximum absolute atomic E-state index is 12.1. The van der Waals surface area contributed by atoms with E-state index in [2.05, 4.69) is 38.1 Å². The third-order valence-corrected chi connectivity index (χ3v) is 3.66. The second-order valence-corrected chi connectivity index (χ2v) is 5.35. The first-order valence-corrected chi connectivity index (χ1v) is 7.09. The lowest BCUT2D eigenvalue weighted by atomic mass is 10.1. The van der Waals surface area contributed by atoms with Gasteiger partial charge < -0.3 is 9.64 Å². The summed E-state index contributed by atoms with van der Waals surface area (Å²) >= 11 is 0. The summed E-state index contributed by atoms with van der Waals surface area (Å²) in [4.78, 5) is 14.1. The monoisotopic (exact) mass is 261 g/mol. The summed E-state index contributed by atoms with van der Waals surface area (Å²) in [6, 6.07) is 8.78. The average molecular weight is 261 g/mol. The van der Waals surface area contributed by atoms with Gasteiger partial charge in [0.05, 0.1) is 19.3 Å². The zero-order valence-electron chi connectivity index (χ0n) is 11.9. The molecular formula is C16H23NO2. The third-order valence-electron chi connectivity index (χ3n) is 3.66. The summed E-state index contributed by atoms with van der Waals surface area (Å²) in [6.45, 7) is 6.23. The van der Waals surface area contributed by atoms with Crippen LogP contribution in [0.15, 0.2) is 24.3 Å². The Hall–Kier alpha value is -1.35. The molecule has 104 valence electrons. The molecule has 0 radical (unpaired) electrons. The van der Waals surface area contributed by atoms with Gasteiger partial charge in [0.15, 0.2) is 0 Å². The number of hydrogen-bond donors (Lipinski definition) is 0. The Kier molecular flexibility index (Phi) is 4.97. The Morgan fingerprint density at radius 3 is 2.79 bits per heavy atom. The summed E-state index contributed by atoms with van der Waals surface area (Å²) in [5.41, 5.74) is 2.59. The fourth-order valence-electron chi connectivity index (χ4n) is 2.44. The van der Waals surface area contributed by atoms with Crippen molar-refractivity contribution < 1.29 is 9.53 Å². The molecule has 1 aliphatic heterocycles. The van der Waals surface area contributed by atoms with Gasteiger partial charge in [-0.3, -0.25) is 4.79 Å². The second kappa shape index (κ2) is 6.71. The molecule has 19 heavy (non-hydrogen) atoms. The summed E-state index contributed by atoms with van der Waals surface area (Å²) in [5.74, 6) is 0.267. The molecule has 0 spiro atoms. The van der Waals surface area contributed by atoms with Gasteiger partial charge in [0.2, 0.25) is 5.91 Å². The number of benzene rings is 1. The van der Waals surface area contributed by atoms with E-state index in [4.69, 9.17) is 4.74 Å². The van der Waals surface area contributed by atoms with Crippen LogP contribution < -0.4 is 0 Å². The minimum atomic E-state index is 0.223. The molecule has 0 N–H and O–H groups in total. The molecule has 0 aliphatic carbocycles. The van der Waals surface area contributed by atoms with Gasteiger partial charge in [0.25, 0.3) is 0 Å². The molecule has 1 saturated heterocycles. The largest absolute Gasteiger partial charge is 0.377 e. The van der Waals surface area contributed by atoms with E-state index in [0.29, 0.717) is 19.6 Å². The second-order valence-electron chi connectivity index (χ2n) is 5.35. The third kappa shape index (κ3) is 4.06. The van der Waals surface area contributed by atoms with Gasteiger partial charge in [-0.25, -0.2) is 0 Å². The zero-order valence-corrected chi connectivity index (χ0v) is 11.9. The van der Waals surface area contributed by atoms with Crippen molar-refractivity contribution in [2.24, 2.45) is 0 Å². The predicted molar refractivity (Wildman–Crippen MR) is 76.1 cm³/mol. The molecule has 1 fully saturated rings. The molecule has 1 atom stereocenters. The van der Waals surface area contributed by atoms with Crippen LogP contribution in [-0.2, 0) is 16.0 Å². The molecular weight excluding hydrogens is 238 g/mol. The molecule has 1 aliphatic rings. The van der Waals surface area contributed by atoms with E-state index in [1.807, 2.05) is 4.90 Å². The van der Waals surface area contributed by atoms with Crippen molar-refractivity contribution in [2.75, 3.05) is 19.8 Å². The van der Waals surface area contributed by atoms with E-state index in [1.54, 1.807) is 0 Å². The smallest absolute Gasteiger partial charge is 0.222 e. The van der Waals surface area contributed by atoms with Crippen LogP contribution in [-0.4, -0.2) is 36.6 Å². The Morgan fingerprint density at radius 1 is 1.37 bits per heavy atom. The fraction of sp³-hybridized carbons (Fsp3) is 0.562. The molecule has 3 heteroatoms. The summed E-state index contributed by atoms with van der Waals surface area (Å²) in [6.07, 6.45) is 2.54. The number of amides is 1. The minimum absolute atomic E-state index is 0.223. The Balaban J connectivity index is 1.75. The first-order chi connectivity index (χ1) is 9.16. The predicted octanol–water partition coefficient (Wildman–Crippen LogP) is 2.57. The van der Waals surface area contributed by atoms with Gasteiger partial charge in [0, 0.05) is 13.0 Å². The van der Waals surface area contributed by atoms with E-state index in [9.17, 15) is 4.79 Å². The maximum Gasteiger partial charge on any atom is 0.222 e. The highest BCUT2D eigenvalue weighted by molar-refractivity contribution is 5.76. The van der Waals surface area contributed by atoms with Gasteiger partial charge in [-0.1, -0.05) is 29.8 Å². The van der Waals surface area contributed by atoms with Crippen molar-refractivity contribution in [2.45, 2.75) is 39.2 Å². The van der Waals surface area contributed by atoms with Crippen LogP contribution in [0.25, 0.3) is 0 Å². The Labute approximate surface area is 115 Å². The summed E-state index contributed by atoms with van der Waals surface area (Å²) in [5, 5.41) is 0. The Bertz CT molecular complexity index is 413. The zero-order chi connectivity index (χ0) is 13.7. The number of morpholine rings is 1. The molecule has 0 saturated carbocycles. The van der Waals surface area contributed by atoms with E-state index >= 15 is 0 Å². The van der Waals surface area contributed by atoms with Gasteiger partial charge >= 0.3 is 0 Å². The topological polar surface area (TPSA) is 29.5 Å². The number of carbonyl (C=O) groups is 1. The molecule has 1 aromatic rings. The van der Waals surface area contributed by atoms with Crippen LogP contribution in [0.1, 0.15) is 30.9 Å². The van der Waals surface area contributed by atoms with Crippen LogP contribution in [0, 0.1) is 6.92 Å². The SMILES string of the molecule is Cc1ccc(CCCC(=O)N2CCOCC2C)cc1. The van der Waals surface area contributed by atoms with Gasteiger partial charge in [-0.2, -0.15) is 0 Å². The Morgan fingerprint density at radius 2 is 2.11 bits per heavy atom. The summed E-state index contributed by atoms with van der Waals surface area (Å²) < 4.78 is 5.35. The number of ether oxygens (including phenoxy) is 1. The van der Waals surface area contributed by atoms with Crippen LogP contribution in [0.4, 0.5) is 0 Å². The molecule has 3 nitrogen and oxygen atoms in total. The van der Waals surface area contributed by atoms with Crippen LogP contribution >= 0.6 is 0 Å². The standard InChI is InChI=1S/C16H23NO2/c1-13-6-8-15(9-7-13)4-3-5-16(18)17-10-11-19-12-14(17)2/h6-9,14H,3-5,10-12H2,1-2H3. The minimum Gasteiger partial charge on any atom is -0.377 e. The average Bonchev–Trinajstić information content (AvgIpc) is 2.41.